The van der Waals surface area contributed by atoms with Crippen LogP contribution in [0.25, 0.3) is 0 Å². The molecule has 19 heavy (non-hydrogen) atoms. The van der Waals surface area contributed by atoms with Crippen molar-refractivity contribution in [2.24, 2.45) is 0 Å². The average Bonchev–Trinajstić information content (AvgIpc) is 2.36. The molecule has 0 aromatic heterocycles. The van der Waals surface area contributed by atoms with E-state index in [1.165, 1.54) is 5.56 Å². The van der Waals surface area contributed by atoms with E-state index in [-0.39, 0.29) is 0 Å². The molecule has 0 aliphatic heterocycles. The Balaban J connectivity index is 2.01. The van der Waals surface area contributed by atoms with Crippen molar-refractivity contribution in [1.29, 1.82) is 0 Å². The third-order valence-electron chi connectivity index (χ3n) is 2.88. The Hall–Kier alpha value is -1.03. The van der Waals surface area contributed by atoms with Gasteiger partial charge in [-0.2, -0.15) is 0 Å². The number of nitrogen functional groups attached to an aromatic ring is 1. The van der Waals surface area contributed by atoms with Crippen molar-refractivity contribution in [2.75, 3.05) is 12.8 Å². The maximum Gasteiger partial charge on any atom is 0.0471 e. The van der Waals surface area contributed by atoms with Crippen LogP contribution in [0.3, 0.4) is 0 Å². The first-order chi connectivity index (χ1) is 9.04. The van der Waals surface area contributed by atoms with Crippen LogP contribution >= 0.6 is 27.5 Å². The summed E-state index contributed by atoms with van der Waals surface area (Å²) in [6.07, 6.45) is 0. The highest BCUT2D eigenvalue weighted by Gasteiger charge is 2.05. The molecule has 0 saturated heterocycles. The van der Waals surface area contributed by atoms with Crippen molar-refractivity contribution in [1.82, 2.24) is 4.90 Å². The second-order valence-corrected chi connectivity index (χ2v) is 5.97. The van der Waals surface area contributed by atoms with Gasteiger partial charge in [-0.25, -0.2) is 0 Å². The largest absolute Gasteiger partial charge is 0.399 e. The zero-order valence-corrected chi connectivity index (χ0v) is 13.1. The van der Waals surface area contributed by atoms with Gasteiger partial charge in [-0.15, -0.1) is 0 Å². The summed E-state index contributed by atoms with van der Waals surface area (Å²) in [5.41, 5.74) is 8.76. The van der Waals surface area contributed by atoms with Gasteiger partial charge in [0.1, 0.15) is 0 Å². The van der Waals surface area contributed by atoms with Crippen LogP contribution in [0.2, 0.25) is 5.02 Å². The van der Waals surface area contributed by atoms with Crippen LogP contribution in [0.15, 0.2) is 46.9 Å². The molecular formula is C15H16BrClN2. The Morgan fingerprint density at radius 2 is 1.79 bits per heavy atom. The third-order valence-corrected chi connectivity index (χ3v) is 3.76. The molecule has 0 saturated carbocycles. The second kappa shape index (κ2) is 6.42. The number of benzene rings is 2. The summed E-state index contributed by atoms with van der Waals surface area (Å²) in [5.74, 6) is 0. The summed E-state index contributed by atoms with van der Waals surface area (Å²) in [6.45, 7) is 1.68. The Morgan fingerprint density at radius 3 is 2.42 bits per heavy atom. The number of hydrogen-bond acceptors (Lipinski definition) is 2. The molecule has 0 unspecified atom stereocenters. The molecule has 0 fully saturated rings. The molecular weight excluding hydrogens is 324 g/mol. The van der Waals surface area contributed by atoms with Gasteiger partial charge in [0.2, 0.25) is 0 Å². The molecule has 2 aromatic carbocycles. The fourth-order valence-corrected chi connectivity index (χ4v) is 2.45. The van der Waals surface area contributed by atoms with Crippen molar-refractivity contribution in [3.05, 3.63) is 63.1 Å². The van der Waals surface area contributed by atoms with Crippen molar-refractivity contribution in [2.45, 2.75) is 13.1 Å². The second-order valence-electron chi connectivity index (χ2n) is 4.65. The fourth-order valence-electron chi connectivity index (χ4n) is 1.94. The number of hydrogen-bond donors (Lipinski definition) is 1. The Labute approximate surface area is 127 Å². The Kier molecular flexibility index (Phi) is 4.86. The lowest BCUT2D eigenvalue weighted by molar-refractivity contribution is 0.319. The Bertz CT molecular complexity index is 555. The number of nitrogens with two attached hydrogens (primary N) is 1. The highest BCUT2D eigenvalue weighted by molar-refractivity contribution is 9.10. The predicted octanol–water partition coefficient (Wildman–Crippen LogP) is 4.32. The fraction of sp³-hybridized carbons (Fsp3) is 0.200. The SMILES string of the molecule is CN(Cc1ccc(Br)cc1)Cc1ccc(N)cc1Cl. The van der Waals surface area contributed by atoms with Gasteiger partial charge in [-0.3, -0.25) is 4.90 Å². The van der Waals surface area contributed by atoms with E-state index in [0.29, 0.717) is 5.69 Å². The topological polar surface area (TPSA) is 29.3 Å². The van der Waals surface area contributed by atoms with E-state index in [1.54, 1.807) is 6.07 Å². The minimum absolute atomic E-state index is 0.698. The zero-order chi connectivity index (χ0) is 13.8. The first-order valence-electron chi connectivity index (χ1n) is 6.01. The van der Waals surface area contributed by atoms with Crippen LogP contribution in [0.4, 0.5) is 5.69 Å². The van der Waals surface area contributed by atoms with Gasteiger partial charge < -0.3 is 5.73 Å². The van der Waals surface area contributed by atoms with Crippen LogP contribution in [0.5, 0.6) is 0 Å². The first kappa shape index (κ1) is 14.4. The Morgan fingerprint density at radius 1 is 1.11 bits per heavy atom. The van der Waals surface area contributed by atoms with E-state index >= 15 is 0 Å². The standard InChI is InChI=1S/C15H16BrClN2/c1-19(9-11-2-5-13(16)6-3-11)10-12-4-7-14(18)8-15(12)17/h2-8H,9-10,18H2,1H3. The normalized spacial score (nSPS) is 10.9. The summed E-state index contributed by atoms with van der Waals surface area (Å²) >= 11 is 9.62. The van der Waals surface area contributed by atoms with Gasteiger partial charge in [0.25, 0.3) is 0 Å². The summed E-state index contributed by atoms with van der Waals surface area (Å²) in [4.78, 5) is 2.22. The molecule has 0 bridgehead atoms. The van der Waals surface area contributed by atoms with Crippen LogP contribution < -0.4 is 5.73 Å². The van der Waals surface area contributed by atoms with E-state index in [2.05, 4.69) is 52.1 Å². The van der Waals surface area contributed by atoms with Crippen LogP contribution in [0, 0.1) is 0 Å². The lowest BCUT2D eigenvalue weighted by atomic mass is 10.1. The summed E-state index contributed by atoms with van der Waals surface area (Å²) in [5, 5.41) is 0.725. The quantitative estimate of drug-likeness (QED) is 0.841. The molecule has 2 aromatic rings. The lowest BCUT2D eigenvalue weighted by Gasteiger charge is -2.18. The maximum atomic E-state index is 6.18. The maximum absolute atomic E-state index is 6.18. The van der Waals surface area contributed by atoms with Gasteiger partial charge in [0, 0.05) is 28.3 Å². The molecule has 0 amide bonds. The lowest BCUT2D eigenvalue weighted by Crippen LogP contribution is -2.17. The molecule has 0 aliphatic rings. The summed E-state index contributed by atoms with van der Waals surface area (Å²) in [6, 6.07) is 14.0. The molecule has 0 spiro atoms. The van der Waals surface area contributed by atoms with E-state index in [9.17, 15) is 0 Å². The van der Waals surface area contributed by atoms with Gasteiger partial charge in [-0.05, 0) is 42.4 Å². The van der Waals surface area contributed by atoms with Crippen molar-refractivity contribution < 1.29 is 0 Å². The molecule has 100 valence electrons. The van der Waals surface area contributed by atoms with E-state index in [1.807, 2.05) is 12.1 Å². The summed E-state index contributed by atoms with van der Waals surface area (Å²) < 4.78 is 1.10. The highest BCUT2D eigenvalue weighted by Crippen LogP contribution is 2.21. The summed E-state index contributed by atoms with van der Waals surface area (Å²) in [7, 11) is 2.08. The smallest absolute Gasteiger partial charge is 0.0471 e. The van der Waals surface area contributed by atoms with E-state index in [4.69, 9.17) is 17.3 Å². The van der Waals surface area contributed by atoms with Gasteiger partial charge in [0.15, 0.2) is 0 Å². The molecule has 2 nitrogen and oxygen atoms in total. The highest BCUT2D eigenvalue weighted by atomic mass is 79.9. The predicted molar refractivity (Wildman–Crippen MR) is 85.2 cm³/mol. The molecule has 0 radical (unpaired) electrons. The van der Waals surface area contributed by atoms with Crippen molar-refractivity contribution in [3.63, 3.8) is 0 Å². The van der Waals surface area contributed by atoms with Gasteiger partial charge >= 0.3 is 0 Å². The van der Waals surface area contributed by atoms with Crippen molar-refractivity contribution in [3.8, 4) is 0 Å². The molecule has 2 rings (SSSR count). The molecule has 0 atom stereocenters. The average molecular weight is 340 g/mol. The monoisotopic (exact) mass is 338 g/mol. The number of halogens is 2. The van der Waals surface area contributed by atoms with E-state index in [0.717, 1.165) is 28.1 Å². The molecule has 0 aliphatic carbocycles. The molecule has 2 N–H and O–H groups in total. The first-order valence-corrected chi connectivity index (χ1v) is 7.18. The van der Waals surface area contributed by atoms with Crippen LogP contribution in [0.1, 0.15) is 11.1 Å². The minimum atomic E-state index is 0.698. The van der Waals surface area contributed by atoms with Crippen molar-refractivity contribution >= 4 is 33.2 Å². The van der Waals surface area contributed by atoms with E-state index < -0.39 is 0 Å². The molecule has 0 heterocycles. The number of anilines is 1. The van der Waals surface area contributed by atoms with Crippen LogP contribution in [-0.2, 0) is 13.1 Å². The zero-order valence-electron chi connectivity index (χ0n) is 10.7. The number of rotatable bonds is 4. The number of nitrogens with zero attached hydrogens (tertiary/aromatic N) is 1. The van der Waals surface area contributed by atoms with Crippen LogP contribution in [-0.4, -0.2) is 11.9 Å². The third kappa shape index (κ3) is 4.23. The minimum Gasteiger partial charge on any atom is -0.399 e. The van der Waals surface area contributed by atoms with Gasteiger partial charge in [-0.1, -0.05) is 45.7 Å². The molecule has 4 heteroatoms. The van der Waals surface area contributed by atoms with Gasteiger partial charge in [0.05, 0.1) is 0 Å².